The molecule has 1 unspecified atom stereocenters. The fourth-order valence-electron chi connectivity index (χ4n) is 3.35. The first-order valence-corrected chi connectivity index (χ1v) is 8.77. The van der Waals surface area contributed by atoms with Crippen LogP contribution in [0.25, 0.3) is 5.65 Å². The van der Waals surface area contributed by atoms with Gasteiger partial charge in [0.25, 0.3) is 0 Å². The van der Waals surface area contributed by atoms with Crippen LogP contribution in [-0.2, 0) is 11.2 Å². The van der Waals surface area contributed by atoms with E-state index in [0.717, 1.165) is 23.4 Å². The Balaban J connectivity index is 0.00000131. The Morgan fingerprint density at radius 3 is 2.74 bits per heavy atom. The second kappa shape index (κ2) is 9.42. The molecule has 1 atom stereocenters. The number of fused-ring (bicyclic) bond motifs is 1. The molecule has 1 aliphatic rings. The average molecular weight is 428 g/mol. The maximum Gasteiger partial charge on any atom is 0.229 e. The summed E-state index contributed by atoms with van der Waals surface area (Å²) in [5.41, 5.74) is 2.63. The zero-order chi connectivity index (χ0) is 17.2. The smallest absolute Gasteiger partial charge is 0.229 e. The van der Waals surface area contributed by atoms with Gasteiger partial charge >= 0.3 is 0 Å². The number of piperazine rings is 1. The summed E-state index contributed by atoms with van der Waals surface area (Å²) in [5.74, 6) is 0.0785. The molecule has 1 aromatic carbocycles. The summed E-state index contributed by atoms with van der Waals surface area (Å²) in [5, 5.41) is 4.05. The summed E-state index contributed by atoms with van der Waals surface area (Å²) in [4.78, 5) is 19.4. The van der Waals surface area contributed by atoms with Crippen molar-refractivity contribution in [3.8, 4) is 0 Å². The first-order chi connectivity index (χ1) is 12.2. The summed E-state index contributed by atoms with van der Waals surface area (Å²) >= 11 is 6.36. The molecule has 4 rings (SSSR count). The van der Waals surface area contributed by atoms with Gasteiger partial charge in [0.1, 0.15) is 5.65 Å². The highest BCUT2D eigenvalue weighted by atomic mass is 35.5. The summed E-state index contributed by atoms with van der Waals surface area (Å²) < 4.78 is 1.94. The minimum absolute atomic E-state index is 0. The molecule has 8 heteroatoms. The number of carbonyl (C=O) groups excluding carboxylic acids is 1. The second-order valence-corrected chi connectivity index (χ2v) is 6.61. The number of hydrogen-bond acceptors (Lipinski definition) is 3. The molecule has 1 saturated heterocycles. The van der Waals surface area contributed by atoms with Crippen molar-refractivity contribution in [3.63, 3.8) is 0 Å². The highest BCUT2D eigenvalue weighted by Crippen LogP contribution is 2.28. The third-order valence-corrected chi connectivity index (χ3v) is 4.92. The third kappa shape index (κ3) is 4.55. The number of nitrogens with zero attached hydrogens (tertiary/aromatic N) is 3. The van der Waals surface area contributed by atoms with Crippen molar-refractivity contribution in [2.24, 2.45) is 0 Å². The standard InChI is InChI=1S/C19H19ClN4O.2ClH/c20-16-6-2-1-5-15(16)17-12-21-8-10-24(17)19(25)11-14-13-23-9-4-3-7-18(23)22-14;;/h1-7,9,13,17,21H,8,10-12H2;2*1H. The van der Waals surface area contributed by atoms with Gasteiger partial charge in [0, 0.05) is 37.1 Å². The van der Waals surface area contributed by atoms with Crippen LogP contribution in [0.3, 0.4) is 0 Å². The van der Waals surface area contributed by atoms with Crippen LogP contribution in [0.4, 0.5) is 0 Å². The lowest BCUT2D eigenvalue weighted by molar-refractivity contribution is -0.133. The van der Waals surface area contributed by atoms with Crippen LogP contribution in [0.2, 0.25) is 5.02 Å². The third-order valence-electron chi connectivity index (χ3n) is 4.57. The van der Waals surface area contributed by atoms with E-state index in [0.29, 0.717) is 24.5 Å². The molecule has 1 aliphatic heterocycles. The summed E-state index contributed by atoms with van der Waals surface area (Å²) in [6.45, 7) is 2.17. The molecule has 1 N–H and O–H groups in total. The molecule has 0 bridgehead atoms. The van der Waals surface area contributed by atoms with Gasteiger partial charge in [-0.25, -0.2) is 4.98 Å². The van der Waals surface area contributed by atoms with Gasteiger partial charge < -0.3 is 14.6 Å². The zero-order valence-corrected chi connectivity index (χ0v) is 16.9. The number of imidazole rings is 1. The number of benzene rings is 1. The van der Waals surface area contributed by atoms with Gasteiger partial charge in [0.15, 0.2) is 0 Å². The van der Waals surface area contributed by atoms with Gasteiger partial charge in [-0.3, -0.25) is 4.79 Å². The van der Waals surface area contributed by atoms with E-state index in [4.69, 9.17) is 11.6 Å². The number of carbonyl (C=O) groups is 1. The predicted octanol–water partition coefficient (Wildman–Crippen LogP) is 3.55. The molecule has 0 aliphatic carbocycles. The van der Waals surface area contributed by atoms with Crippen molar-refractivity contribution < 1.29 is 4.79 Å². The zero-order valence-electron chi connectivity index (χ0n) is 14.5. The Bertz CT molecular complexity index is 882. The number of halogens is 3. The molecule has 144 valence electrons. The van der Waals surface area contributed by atoms with Crippen LogP contribution in [0.1, 0.15) is 17.3 Å². The van der Waals surface area contributed by atoms with Gasteiger partial charge in [-0.15, -0.1) is 24.8 Å². The quantitative estimate of drug-likeness (QED) is 0.695. The number of nitrogens with one attached hydrogen (secondary N) is 1. The van der Waals surface area contributed by atoms with E-state index >= 15 is 0 Å². The number of amides is 1. The molecule has 3 aromatic rings. The van der Waals surface area contributed by atoms with Gasteiger partial charge in [0.2, 0.25) is 5.91 Å². The summed E-state index contributed by atoms with van der Waals surface area (Å²) in [6.07, 6.45) is 4.15. The Morgan fingerprint density at radius 1 is 1.19 bits per heavy atom. The van der Waals surface area contributed by atoms with Crippen molar-refractivity contribution in [2.45, 2.75) is 12.5 Å². The van der Waals surface area contributed by atoms with Gasteiger partial charge in [-0.2, -0.15) is 0 Å². The number of pyridine rings is 1. The molecule has 2 aromatic heterocycles. The van der Waals surface area contributed by atoms with E-state index in [1.165, 1.54) is 0 Å². The lowest BCUT2D eigenvalue weighted by atomic mass is 10.0. The van der Waals surface area contributed by atoms with Crippen LogP contribution < -0.4 is 5.32 Å². The van der Waals surface area contributed by atoms with E-state index < -0.39 is 0 Å². The number of hydrogen-bond donors (Lipinski definition) is 1. The normalized spacial score (nSPS) is 16.5. The van der Waals surface area contributed by atoms with E-state index in [1.54, 1.807) is 0 Å². The minimum atomic E-state index is -0.0491. The maximum absolute atomic E-state index is 12.9. The average Bonchev–Trinajstić information content (AvgIpc) is 3.04. The molecule has 0 spiro atoms. The topological polar surface area (TPSA) is 49.6 Å². The van der Waals surface area contributed by atoms with Crippen molar-refractivity contribution in [3.05, 3.63) is 71.1 Å². The predicted molar refractivity (Wildman–Crippen MR) is 112 cm³/mol. The maximum atomic E-state index is 12.9. The molecule has 1 fully saturated rings. The Morgan fingerprint density at radius 2 is 1.96 bits per heavy atom. The SMILES string of the molecule is Cl.Cl.O=C(Cc1cn2ccccc2n1)N1CCNCC1c1ccccc1Cl. The van der Waals surface area contributed by atoms with Gasteiger partial charge in [-0.1, -0.05) is 35.9 Å². The van der Waals surface area contributed by atoms with E-state index in [9.17, 15) is 4.79 Å². The highest BCUT2D eigenvalue weighted by Gasteiger charge is 2.29. The van der Waals surface area contributed by atoms with Crippen LogP contribution in [0, 0.1) is 0 Å². The first-order valence-electron chi connectivity index (χ1n) is 8.39. The van der Waals surface area contributed by atoms with Gasteiger partial charge in [-0.05, 0) is 23.8 Å². The second-order valence-electron chi connectivity index (χ2n) is 6.20. The molecule has 27 heavy (non-hydrogen) atoms. The minimum Gasteiger partial charge on any atom is -0.333 e. The fourth-order valence-corrected chi connectivity index (χ4v) is 3.62. The summed E-state index contributed by atoms with van der Waals surface area (Å²) in [7, 11) is 0. The Kier molecular flexibility index (Phi) is 7.50. The summed E-state index contributed by atoms with van der Waals surface area (Å²) in [6, 6.07) is 13.5. The van der Waals surface area contributed by atoms with Crippen molar-refractivity contribution in [1.82, 2.24) is 19.6 Å². The van der Waals surface area contributed by atoms with Crippen LogP contribution in [0.5, 0.6) is 0 Å². The molecule has 0 saturated carbocycles. The highest BCUT2D eigenvalue weighted by molar-refractivity contribution is 6.31. The molecular formula is C19H21Cl3N4O. The molecule has 3 heterocycles. The Hall–Kier alpha value is -1.79. The van der Waals surface area contributed by atoms with E-state index in [1.807, 2.05) is 64.2 Å². The van der Waals surface area contributed by atoms with Crippen LogP contribution in [-0.4, -0.2) is 39.8 Å². The number of rotatable bonds is 3. The van der Waals surface area contributed by atoms with E-state index in [-0.39, 0.29) is 36.8 Å². The van der Waals surface area contributed by atoms with Gasteiger partial charge in [0.05, 0.1) is 18.2 Å². The van der Waals surface area contributed by atoms with Crippen LogP contribution in [0.15, 0.2) is 54.9 Å². The fraction of sp³-hybridized carbons (Fsp3) is 0.263. The molecule has 0 radical (unpaired) electrons. The largest absolute Gasteiger partial charge is 0.333 e. The van der Waals surface area contributed by atoms with Crippen LogP contribution >= 0.6 is 36.4 Å². The van der Waals surface area contributed by atoms with Crippen molar-refractivity contribution >= 4 is 48.0 Å². The van der Waals surface area contributed by atoms with Crippen molar-refractivity contribution in [2.75, 3.05) is 19.6 Å². The Labute approximate surface area is 175 Å². The lowest BCUT2D eigenvalue weighted by Crippen LogP contribution is -2.49. The van der Waals surface area contributed by atoms with E-state index in [2.05, 4.69) is 10.3 Å². The number of aromatic nitrogens is 2. The monoisotopic (exact) mass is 426 g/mol. The molecule has 1 amide bonds. The first kappa shape index (κ1) is 21.5. The molecule has 5 nitrogen and oxygen atoms in total. The lowest BCUT2D eigenvalue weighted by Gasteiger charge is -2.37. The van der Waals surface area contributed by atoms with Crippen molar-refractivity contribution in [1.29, 1.82) is 0 Å². The molecular weight excluding hydrogens is 407 g/mol.